The number of nitrogens with zero attached hydrogens (tertiary/aromatic N) is 4. The Hall–Kier alpha value is -3.57. The van der Waals surface area contributed by atoms with E-state index < -0.39 is 14.6 Å². The van der Waals surface area contributed by atoms with E-state index in [-0.39, 0.29) is 42.9 Å². The number of hydrogen-bond acceptors (Lipinski definition) is 11. The molecule has 1 aliphatic rings. The van der Waals surface area contributed by atoms with Crippen LogP contribution >= 0.6 is 8.53 Å². The summed E-state index contributed by atoms with van der Waals surface area (Å²) in [4.78, 5) is 25.8. The minimum Gasteiger partial charge on any atom is -0.479 e. The largest absolute Gasteiger partial charge is 0.479 e. The Morgan fingerprint density at radius 1 is 1.14 bits per heavy atom. The van der Waals surface area contributed by atoms with E-state index in [0.29, 0.717) is 28.6 Å². The average molecular weight is 627 g/mol. The van der Waals surface area contributed by atoms with Gasteiger partial charge in [-0.15, -0.1) is 0 Å². The van der Waals surface area contributed by atoms with Crippen molar-refractivity contribution in [1.82, 2.24) is 24.6 Å². The van der Waals surface area contributed by atoms with Gasteiger partial charge >= 0.3 is 14.5 Å². The topological polar surface area (TPSA) is 145 Å². The summed E-state index contributed by atoms with van der Waals surface area (Å²) in [6.45, 7) is 13.6. The van der Waals surface area contributed by atoms with Crippen LogP contribution in [0.2, 0.25) is 0 Å². The quantitative estimate of drug-likeness (QED) is 0.148. The second-order valence-electron chi connectivity index (χ2n) is 10.6. The van der Waals surface area contributed by atoms with E-state index in [0.717, 1.165) is 17.2 Å². The lowest BCUT2D eigenvalue weighted by molar-refractivity contribution is -0.149. The van der Waals surface area contributed by atoms with Crippen LogP contribution < -0.4 is 20.1 Å². The fourth-order valence-electron chi connectivity index (χ4n) is 5.01. The molecule has 1 saturated heterocycles. The third-order valence-corrected chi connectivity index (χ3v) is 8.26. The van der Waals surface area contributed by atoms with Crippen LogP contribution in [0.3, 0.4) is 0 Å². The molecule has 13 heteroatoms. The number of imidazole rings is 1. The van der Waals surface area contributed by atoms with Gasteiger partial charge in [0.15, 0.2) is 11.2 Å². The third-order valence-electron chi connectivity index (χ3n) is 6.92. The fraction of sp³-hybridized carbons (Fsp3) is 0.484. The Morgan fingerprint density at radius 2 is 1.86 bits per heavy atom. The van der Waals surface area contributed by atoms with Crippen molar-refractivity contribution in [2.45, 2.75) is 79.4 Å². The van der Waals surface area contributed by atoms with Crippen LogP contribution in [0.15, 0.2) is 42.5 Å². The van der Waals surface area contributed by atoms with Gasteiger partial charge in [0.1, 0.15) is 23.8 Å². The summed E-state index contributed by atoms with van der Waals surface area (Å²) in [5.74, 6) is 1.52. The first-order valence-corrected chi connectivity index (χ1v) is 16.1. The standard InChI is InChI=1S/C29H37N6O6P.C2H6/c1-16(2)39-28(36)18(4)34-42(41-23-13-9-11-20-10-7-8-12-22(20)23)38-15-21-14-17(3)27(40-21)35-19(5)31-24-25(35)32-29(30)33-26(24)37-6;1-2/h7-13,16-18,21,27,34H,14-15H2,1-6H3,(H2,30,32,33);1-2H3. The predicted molar refractivity (Wildman–Crippen MR) is 171 cm³/mol. The number of nitrogen functional groups attached to an aromatic ring is 1. The molecule has 44 heavy (non-hydrogen) atoms. The highest BCUT2D eigenvalue weighted by atomic mass is 31.2. The minimum absolute atomic E-state index is 0.0958. The third kappa shape index (κ3) is 7.55. The van der Waals surface area contributed by atoms with Gasteiger partial charge in [0, 0.05) is 11.3 Å². The number of carbonyl (C=O) groups excluding carboxylic acids is 1. The number of nitrogens with two attached hydrogens (primary N) is 1. The van der Waals surface area contributed by atoms with Crippen LogP contribution in [0.1, 0.15) is 60.0 Å². The number of aryl methyl sites for hydroxylation is 1. The lowest BCUT2D eigenvalue weighted by Crippen LogP contribution is -2.35. The van der Waals surface area contributed by atoms with E-state index in [1.165, 1.54) is 7.11 Å². The van der Waals surface area contributed by atoms with Gasteiger partial charge in [0.05, 0.1) is 25.9 Å². The van der Waals surface area contributed by atoms with E-state index in [9.17, 15) is 4.79 Å². The molecule has 0 amide bonds. The summed E-state index contributed by atoms with van der Waals surface area (Å²) >= 11 is 0. The fourth-order valence-corrected chi connectivity index (χ4v) is 6.25. The van der Waals surface area contributed by atoms with Gasteiger partial charge in [-0.2, -0.15) is 9.97 Å². The molecule has 4 aromatic rings. The van der Waals surface area contributed by atoms with Crippen LogP contribution in [-0.4, -0.2) is 57.5 Å². The molecule has 1 fully saturated rings. The van der Waals surface area contributed by atoms with E-state index in [2.05, 4.69) is 27.0 Å². The van der Waals surface area contributed by atoms with Crippen LogP contribution in [0.25, 0.3) is 21.9 Å². The zero-order valence-corrected chi connectivity index (χ0v) is 27.5. The summed E-state index contributed by atoms with van der Waals surface area (Å²) in [6.07, 6.45) is -0.102. The van der Waals surface area contributed by atoms with Crippen molar-refractivity contribution in [2.75, 3.05) is 19.5 Å². The first-order valence-electron chi connectivity index (χ1n) is 14.9. The van der Waals surface area contributed by atoms with Crippen molar-refractivity contribution >= 4 is 42.4 Å². The van der Waals surface area contributed by atoms with E-state index in [1.807, 2.05) is 81.7 Å². The number of benzene rings is 2. The van der Waals surface area contributed by atoms with Gasteiger partial charge in [-0.3, -0.25) is 9.36 Å². The van der Waals surface area contributed by atoms with Gasteiger partial charge in [-0.1, -0.05) is 57.2 Å². The van der Waals surface area contributed by atoms with Crippen molar-refractivity contribution in [2.24, 2.45) is 5.92 Å². The molecule has 0 bridgehead atoms. The maximum absolute atomic E-state index is 12.6. The van der Waals surface area contributed by atoms with E-state index >= 15 is 0 Å². The lowest BCUT2D eigenvalue weighted by atomic mass is 10.1. The summed E-state index contributed by atoms with van der Waals surface area (Å²) in [7, 11) is -0.224. The molecular weight excluding hydrogens is 583 g/mol. The zero-order chi connectivity index (χ0) is 32.0. The molecule has 0 saturated carbocycles. The number of rotatable bonds is 11. The number of ether oxygens (including phenoxy) is 3. The van der Waals surface area contributed by atoms with Gasteiger partial charge in [0.2, 0.25) is 11.8 Å². The van der Waals surface area contributed by atoms with Crippen molar-refractivity contribution in [3.8, 4) is 11.6 Å². The number of esters is 1. The molecule has 12 nitrogen and oxygen atoms in total. The highest BCUT2D eigenvalue weighted by Crippen LogP contribution is 2.42. The Morgan fingerprint density at radius 3 is 2.59 bits per heavy atom. The maximum Gasteiger partial charge on any atom is 0.323 e. The molecule has 2 aromatic carbocycles. The lowest BCUT2D eigenvalue weighted by Gasteiger charge is -2.24. The summed E-state index contributed by atoms with van der Waals surface area (Å²) in [5, 5.41) is 5.18. The molecule has 0 aliphatic carbocycles. The zero-order valence-electron chi connectivity index (χ0n) is 26.6. The molecule has 5 atom stereocenters. The second-order valence-corrected chi connectivity index (χ2v) is 11.8. The molecule has 2 aromatic heterocycles. The Bertz CT molecular complexity index is 1560. The molecule has 238 valence electrons. The monoisotopic (exact) mass is 626 g/mol. The number of methoxy groups -OCH3 is 1. The van der Waals surface area contributed by atoms with Crippen molar-refractivity contribution in [3.63, 3.8) is 0 Å². The van der Waals surface area contributed by atoms with Crippen LogP contribution in [-0.2, 0) is 18.8 Å². The van der Waals surface area contributed by atoms with Gasteiger partial charge < -0.3 is 29.0 Å². The van der Waals surface area contributed by atoms with E-state index in [4.69, 9.17) is 29.0 Å². The molecule has 3 N–H and O–H groups in total. The second kappa shape index (κ2) is 14.9. The Balaban J connectivity index is 0.00000216. The summed E-state index contributed by atoms with van der Waals surface area (Å²) in [6, 6.07) is 13.1. The number of aromatic nitrogens is 4. The minimum atomic E-state index is -1.75. The average Bonchev–Trinajstić information content (AvgIpc) is 3.53. The van der Waals surface area contributed by atoms with Crippen LogP contribution in [0.4, 0.5) is 5.95 Å². The van der Waals surface area contributed by atoms with Gasteiger partial charge in [-0.05, 0) is 45.6 Å². The van der Waals surface area contributed by atoms with Crippen LogP contribution in [0, 0.1) is 12.8 Å². The molecule has 0 spiro atoms. The van der Waals surface area contributed by atoms with Crippen molar-refractivity contribution in [3.05, 3.63) is 48.3 Å². The number of fused-ring (bicyclic) bond motifs is 2. The molecule has 5 unspecified atom stereocenters. The number of carbonyl (C=O) groups is 1. The molecular formula is C31H43N6O6P. The first kappa shape index (κ1) is 33.3. The number of hydrogen-bond donors (Lipinski definition) is 2. The van der Waals surface area contributed by atoms with E-state index in [1.54, 1.807) is 6.92 Å². The van der Waals surface area contributed by atoms with Crippen LogP contribution in [0.5, 0.6) is 11.6 Å². The molecule has 0 radical (unpaired) electrons. The Labute approximate surface area is 259 Å². The predicted octanol–water partition coefficient (Wildman–Crippen LogP) is 6.08. The summed E-state index contributed by atoms with van der Waals surface area (Å²) < 4.78 is 31.8. The number of anilines is 1. The molecule has 1 aliphatic heterocycles. The SMILES string of the molecule is CC.COc1nc(N)nc2c1nc(C)n2C1OC(COP(NC(C)C(=O)OC(C)C)Oc2cccc3ccccc23)CC1C. The van der Waals surface area contributed by atoms with Gasteiger partial charge in [-0.25, -0.2) is 10.1 Å². The smallest absolute Gasteiger partial charge is 0.323 e. The van der Waals surface area contributed by atoms with Crippen molar-refractivity contribution in [1.29, 1.82) is 0 Å². The summed E-state index contributed by atoms with van der Waals surface area (Å²) in [5.41, 5.74) is 7.03. The van der Waals surface area contributed by atoms with Gasteiger partial charge in [0.25, 0.3) is 0 Å². The highest BCUT2D eigenvalue weighted by molar-refractivity contribution is 7.45. The maximum atomic E-state index is 12.6. The first-order chi connectivity index (χ1) is 21.1. The number of nitrogens with one attached hydrogen (secondary N) is 1. The molecule has 3 heterocycles. The molecule has 5 rings (SSSR count). The highest BCUT2D eigenvalue weighted by Gasteiger charge is 2.37. The Kier molecular flexibility index (Phi) is 11.3. The van der Waals surface area contributed by atoms with Crippen molar-refractivity contribution < 1.29 is 28.1 Å². The normalized spacial score (nSPS) is 19.4.